The van der Waals surface area contributed by atoms with Gasteiger partial charge in [0.1, 0.15) is 0 Å². The standard InChI is InChI=1S/C11H16ClNOS/c1-8(2)5-6-15(14)11-4-3-9(12)7-10(11)13/h3-4,7-8H,5-6,13H2,1-2H3. The fraction of sp³-hybridized carbons (Fsp3) is 0.455. The molecule has 1 rings (SSSR count). The minimum absolute atomic E-state index is 0.518. The van der Waals surface area contributed by atoms with E-state index >= 15 is 0 Å². The molecule has 2 nitrogen and oxygen atoms in total. The molecule has 0 saturated carbocycles. The van der Waals surface area contributed by atoms with E-state index in [0.29, 0.717) is 27.3 Å². The van der Waals surface area contributed by atoms with Crippen molar-refractivity contribution in [2.75, 3.05) is 11.5 Å². The first-order chi connectivity index (χ1) is 7.00. The average Bonchev–Trinajstić information content (AvgIpc) is 2.14. The molecule has 84 valence electrons. The second-order valence-electron chi connectivity index (χ2n) is 3.91. The summed E-state index contributed by atoms with van der Waals surface area (Å²) in [6.45, 7) is 4.23. The van der Waals surface area contributed by atoms with Gasteiger partial charge in [-0.25, -0.2) is 0 Å². The van der Waals surface area contributed by atoms with E-state index in [1.165, 1.54) is 0 Å². The van der Waals surface area contributed by atoms with Crippen molar-refractivity contribution < 1.29 is 4.21 Å². The molecule has 0 bridgehead atoms. The van der Waals surface area contributed by atoms with Gasteiger partial charge in [0, 0.05) is 16.5 Å². The number of halogens is 1. The number of nitrogens with two attached hydrogens (primary N) is 1. The van der Waals surface area contributed by atoms with Crippen molar-refractivity contribution in [2.24, 2.45) is 5.92 Å². The molecule has 1 unspecified atom stereocenters. The summed E-state index contributed by atoms with van der Waals surface area (Å²) >= 11 is 5.77. The molecule has 0 heterocycles. The summed E-state index contributed by atoms with van der Waals surface area (Å²) in [5, 5.41) is 0.581. The van der Waals surface area contributed by atoms with Crippen molar-refractivity contribution in [3.63, 3.8) is 0 Å². The van der Waals surface area contributed by atoms with Gasteiger partial charge in [-0.2, -0.15) is 0 Å². The smallest absolute Gasteiger partial charge is 0.0618 e. The van der Waals surface area contributed by atoms with E-state index in [0.717, 1.165) is 6.42 Å². The minimum atomic E-state index is -1.01. The van der Waals surface area contributed by atoms with Crippen molar-refractivity contribution in [3.8, 4) is 0 Å². The van der Waals surface area contributed by atoms with Crippen LogP contribution in [0.4, 0.5) is 5.69 Å². The van der Waals surface area contributed by atoms with Gasteiger partial charge in [0.25, 0.3) is 0 Å². The van der Waals surface area contributed by atoms with Crippen LogP contribution in [-0.2, 0) is 10.8 Å². The zero-order valence-corrected chi connectivity index (χ0v) is 10.6. The van der Waals surface area contributed by atoms with Gasteiger partial charge in [-0.15, -0.1) is 0 Å². The molecule has 1 aromatic carbocycles. The van der Waals surface area contributed by atoms with Crippen molar-refractivity contribution in [2.45, 2.75) is 25.2 Å². The predicted molar refractivity (Wildman–Crippen MR) is 66.6 cm³/mol. The van der Waals surface area contributed by atoms with Crippen molar-refractivity contribution in [3.05, 3.63) is 23.2 Å². The molecule has 0 amide bonds. The van der Waals surface area contributed by atoms with Gasteiger partial charge in [0.15, 0.2) is 0 Å². The van der Waals surface area contributed by atoms with E-state index in [1.807, 2.05) is 0 Å². The van der Waals surface area contributed by atoms with Crippen molar-refractivity contribution in [1.82, 2.24) is 0 Å². The summed E-state index contributed by atoms with van der Waals surface area (Å²) in [5.74, 6) is 1.21. The fourth-order valence-electron chi connectivity index (χ4n) is 1.18. The van der Waals surface area contributed by atoms with E-state index in [4.69, 9.17) is 17.3 Å². The molecule has 0 saturated heterocycles. The lowest BCUT2D eigenvalue weighted by molar-refractivity contribution is 0.619. The summed E-state index contributed by atoms with van der Waals surface area (Å²) in [5.41, 5.74) is 6.27. The van der Waals surface area contributed by atoms with Crippen LogP contribution < -0.4 is 5.73 Å². The normalized spacial score (nSPS) is 13.1. The lowest BCUT2D eigenvalue weighted by Crippen LogP contribution is -2.04. The Balaban J connectivity index is 2.74. The lowest BCUT2D eigenvalue weighted by atomic mass is 10.2. The topological polar surface area (TPSA) is 43.1 Å². The van der Waals surface area contributed by atoms with Gasteiger partial charge in [-0.3, -0.25) is 4.21 Å². The molecule has 0 radical (unpaired) electrons. The van der Waals surface area contributed by atoms with Crippen LogP contribution in [0.1, 0.15) is 20.3 Å². The van der Waals surface area contributed by atoms with Crippen LogP contribution in [0.5, 0.6) is 0 Å². The fourth-order valence-corrected chi connectivity index (χ4v) is 2.81. The van der Waals surface area contributed by atoms with Crippen LogP contribution in [0, 0.1) is 5.92 Å². The number of hydrogen-bond donors (Lipinski definition) is 1. The maximum absolute atomic E-state index is 11.9. The summed E-state index contributed by atoms with van der Waals surface area (Å²) < 4.78 is 11.9. The van der Waals surface area contributed by atoms with E-state index in [1.54, 1.807) is 18.2 Å². The second-order valence-corrected chi connectivity index (χ2v) is 5.89. The van der Waals surface area contributed by atoms with Gasteiger partial charge >= 0.3 is 0 Å². The maximum atomic E-state index is 11.9. The first-order valence-electron chi connectivity index (χ1n) is 4.94. The SMILES string of the molecule is CC(C)CCS(=O)c1ccc(Cl)cc1N. The highest BCUT2D eigenvalue weighted by atomic mass is 35.5. The molecule has 0 fully saturated rings. The second kappa shape index (κ2) is 5.52. The number of nitrogen functional groups attached to an aromatic ring is 1. The van der Waals surface area contributed by atoms with Gasteiger partial charge in [0.2, 0.25) is 0 Å². The van der Waals surface area contributed by atoms with Gasteiger partial charge < -0.3 is 5.73 Å². The molecule has 0 spiro atoms. The van der Waals surface area contributed by atoms with Crippen molar-refractivity contribution >= 4 is 28.1 Å². The average molecular weight is 246 g/mol. The Morgan fingerprint density at radius 3 is 2.67 bits per heavy atom. The molecule has 1 atom stereocenters. The predicted octanol–water partition coefficient (Wildman–Crippen LogP) is 3.08. The van der Waals surface area contributed by atoms with Crippen LogP contribution in [0.3, 0.4) is 0 Å². The van der Waals surface area contributed by atoms with E-state index in [9.17, 15) is 4.21 Å². The number of hydrogen-bond acceptors (Lipinski definition) is 2. The molecule has 0 aliphatic carbocycles. The highest BCUT2D eigenvalue weighted by Gasteiger charge is 2.08. The van der Waals surface area contributed by atoms with Gasteiger partial charge in [-0.1, -0.05) is 25.4 Å². The van der Waals surface area contributed by atoms with Crippen LogP contribution in [0.25, 0.3) is 0 Å². The molecule has 1 aromatic rings. The molecule has 0 aliphatic heterocycles. The highest BCUT2D eigenvalue weighted by Crippen LogP contribution is 2.22. The Morgan fingerprint density at radius 2 is 2.13 bits per heavy atom. The van der Waals surface area contributed by atoms with E-state index in [2.05, 4.69) is 13.8 Å². The minimum Gasteiger partial charge on any atom is -0.398 e. The first kappa shape index (κ1) is 12.5. The molecular formula is C11H16ClNOS. The van der Waals surface area contributed by atoms with Gasteiger partial charge in [-0.05, 0) is 30.5 Å². The van der Waals surface area contributed by atoms with Crippen LogP contribution in [0.15, 0.2) is 23.1 Å². The monoisotopic (exact) mass is 245 g/mol. The third kappa shape index (κ3) is 3.84. The van der Waals surface area contributed by atoms with Crippen molar-refractivity contribution in [1.29, 1.82) is 0 Å². The highest BCUT2D eigenvalue weighted by molar-refractivity contribution is 7.85. The summed E-state index contributed by atoms with van der Waals surface area (Å²) in [4.78, 5) is 0.694. The lowest BCUT2D eigenvalue weighted by Gasteiger charge is -2.07. The first-order valence-corrected chi connectivity index (χ1v) is 6.64. The molecule has 0 aliphatic rings. The molecule has 15 heavy (non-hydrogen) atoms. The summed E-state index contributed by atoms with van der Waals surface area (Å²) in [6, 6.07) is 5.11. The Hall–Kier alpha value is -0.540. The Bertz CT molecular complexity index is 366. The number of anilines is 1. The zero-order valence-electron chi connectivity index (χ0n) is 9.00. The van der Waals surface area contributed by atoms with Crippen LogP contribution >= 0.6 is 11.6 Å². The largest absolute Gasteiger partial charge is 0.398 e. The third-order valence-electron chi connectivity index (χ3n) is 2.10. The number of benzene rings is 1. The number of rotatable bonds is 4. The van der Waals surface area contributed by atoms with Crippen LogP contribution in [0.2, 0.25) is 5.02 Å². The molecule has 4 heteroatoms. The van der Waals surface area contributed by atoms with E-state index in [-0.39, 0.29) is 0 Å². The Labute approximate surface area is 98.3 Å². The van der Waals surface area contributed by atoms with Crippen LogP contribution in [-0.4, -0.2) is 9.96 Å². The Kier molecular flexibility index (Phi) is 4.61. The Morgan fingerprint density at radius 1 is 1.47 bits per heavy atom. The summed E-state index contributed by atoms with van der Waals surface area (Å²) in [7, 11) is -1.01. The third-order valence-corrected chi connectivity index (χ3v) is 3.80. The quantitative estimate of drug-likeness (QED) is 0.829. The maximum Gasteiger partial charge on any atom is 0.0618 e. The molecule has 2 N–H and O–H groups in total. The van der Waals surface area contributed by atoms with Gasteiger partial charge in [0.05, 0.1) is 15.7 Å². The summed E-state index contributed by atoms with van der Waals surface area (Å²) in [6.07, 6.45) is 0.939. The zero-order chi connectivity index (χ0) is 11.4. The van der Waals surface area contributed by atoms with E-state index < -0.39 is 10.8 Å². The molecular weight excluding hydrogens is 230 g/mol. The molecule has 0 aromatic heterocycles.